The van der Waals surface area contributed by atoms with E-state index in [4.69, 9.17) is 4.42 Å². The molecule has 7 heteroatoms. The molecule has 3 heterocycles. The summed E-state index contributed by atoms with van der Waals surface area (Å²) in [6.07, 6.45) is 1.68. The number of phenols is 1. The summed E-state index contributed by atoms with van der Waals surface area (Å²) in [5.41, 5.74) is 1.67. The van der Waals surface area contributed by atoms with Gasteiger partial charge in [-0.05, 0) is 31.2 Å². The molecule has 2 N–H and O–H groups in total. The van der Waals surface area contributed by atoms with Gasteiger partial charge in [-0.2, -0.15) is 0 Å². The van der Waals surface area contributed by atoms with Crippen LogP contribution in [-0.2, 0) is 0 Å². The van der Waals surface area contributed by atoms with Crippen LogP contribution in [0, 0.1) is 6.92 Å². The first-order valence-corrected chi connectivity index (χ1v) is 7.23. The van der Waals surface area contributed by atoms with E-state index < -0.39 is 0 Å². The second-order valence-corrected chi connectivity index (χ2v) is 5.36. The molecule has 0 fully saturated rings. The molecule has 1 amide bonds. The predicted octanol–water partition coefficient (Wildman–Crippen LogP) is 2.28. The number of hydrogen-bond acceptors (Lipinski definition) is 6. The molecule has 0 saturated heterocycles. The van der Waals surface area contributed by atoms with Gasteiger partial charge in [0.25, 0.3) is 5.91 Å². The van der Waals surface area contributed by atoms with Crippen LogP contribution in [0.25, 0.3) is 0 Å². The van der Waals surface area contributed by atoms with Gasteiger partial charge in [-0.1, -0.05) is 0 Å². The number of nitrogens with zero attached hydrogens (tertiary/aromatic N) is 3. The van der Waals surface area contributed by atoms with Crippen LogP contribution in [0.3, 0.4) is 0 Å². The van der Waals surface area contributed by atoms with Gasteiger partial charge in [-0.25, -0.2) is 4.99 Å². The van der Waals surface area contributed by atoms with E-state index in [9.17, 15) is 9.90 Å². The third-order valence-electron chi connectivity index (χ3n) is 3.83. The maximum absolute atomic E-state index is 12.7. The molecule has 0 bridgehead atoms. The normalized spacial score (nSPS) is 15.2. The summed E-state index contributed by atoms with van der Waals surface area (Å²) in [7, 11) is 0. The lowest BCUT2D eigenvalue weighted by molar-refractivity contribution is 0.102. The van der Waals surface area contributed by atoms with Crippen molar-refractivity contribution in [3.05, 3.63) is 41.2 Å². The fourth-order valence-electron chi connectivity index (χ4n) is 2.76. The van der Waals surface area contributed by atoms with Gasteiger partial charge in [-0.15, -0.1) is 0 Å². The molecule has 2 aromatic rings. The highest BCUT2D eigenvalue weighted by Gasteiger charge is 2.33. The Kier molecular flexibility index (Phi) is 2.94. The van der Waals surface area contributed by atoms with Gasteiger partial charge in [0.1, 0.15) is 23.7 Å². The van der Waals surface area contributed by atoms with Crippen LogP contribution in [0.1, 0.15) is 21.7 Å². The molecule has 0 unspecified atom stereocenters. The number of benzene rings is 1. The Labute approximate surface area is 132 Å². The van der Waals surface area contributed by atoms with Crippen molar-refractivity contribution in [3.8, 4) is 5.75 Å². The van der Waals surface area contributed by atoms with Crippen molar-refractivity contribution < 1.29 is 14.3 Å². The molecule has 116 valence electrons. The number of amides is 1. The molecule has 4 rings (SSSR count). The van der Waals surface area contributed by atoms with Crippen molar-refractivity contribution in [1.29, 1.82) is 0 Å². The third-order valence-corrected chi connectivity index (χ3v) is 3.83. The fourth-order valence-corrected chi connectivity index (χ4v) is 2.76. The van der Waals surface area contributed by atoms with Gasteiger partial charge in [0.15, 0.2) is 0 Å². The summed E-state index contributed by atoms with van der Waals surface area (Å²) in [6, 6.07) is 6.29. The van der Waals surface area contributed by atoms with Gasteiger partial charge in [0, 0.05) is 12.2 Å². The summed E-state index contributed by atoms with van der Waals surface area (Å²) in [5.74, 6) is 1.49. The number of carbonyl (C=O) groups is 1. The van der Waals surface area contributed by atoms with E-state index in [2.05, 4.69) is 15.3 Å². The largest absolute Gasteiger partial charge is 0.508 e. The number of phenolic OH excluding ortho intramolecular Hbond substituents is 1. The smallest absolute Gasteiger partial charge is 0.260 e. The van der Waals surface area contributed by atoms with Crippen LogP contribution >= 0.6 is 0 Å². The van der Waals surface area contributed by atoms with Crippen LogP contribution < -0.4 is 5.32 Å². The van der Waals surface area contributed by atoms with Gasteiger partial charge in [0.2, 0.25) is 5.88 Å². The Morgan fingerprint density at radius 1 is 1.35 bits per heavy atom. The van der Waals surface area contributed by atoms with Gasteiger partial charge >= 0.3 is 0 Å². The fraction of sp³-hybridized carbons (Fsp3) is 0.188. The minimum Gasteiger partial charge on any atom is -0.508 e. The lowest BCUT2D eigenvalue weighted by atomic mass is 10.1. The van der Waals surface area contributed by atoms with Crippen molar-refractivity contribution in [2.24, 2.45) is 9.98 Å². The SMILES string of the molecule is Cc1oc2c(c1C(=O)Nc1ccc(O)cc1)C1=NCCN1C=N2. The molecule has 0 atom stereocenters. The Morgan fingerprint density at radius 3 is 2.91 bits per heavy atom. The maximum atomic E-state index is 12.7. The van der Waals surface area contributed by atoms with Crippen LogP contribution in [-0.4, -0.2) is 41.2 Å². The number of rotatable bonds is 2. The van der Waals surface area contributed by atoms with Crippen LogP contribution in [0.15, 0.2) is 38.7 Å². The summed E-state index contributed by atoms with van der Waals surface area (Å²) >= 11 is 0. The average Bonchev–Trinajstić information content (AvgIpc) is 3.12. The predicted molar refractivity (Wildman–Crippen MR) is 85.8 cm³/mol. The second-order valence-electron chi connectivity index (χ2n) is 5.36. The highest BCUT2D eigenvalue weighted by atomic mass is 16.4. The molecule has 2 aliphatic heterocycles. The maximum Gasteiger partial charge on any atom is 0.260 e. The van der Waals surface area contributed by atoms with E-state index in [1.54, 1.807) is 25.4 Å². The number of aromatic hydroxyl groups is 1. The van der Waals surface area contributed by atoms with Crippen LogP contribution in [0.5, 0.6) is 5.75 Å². The Bertz CT molecular complexity index is 849. The molecular formula is C16H14N4O3. The first kappa shape index (κ1) is 13.6. The van der Waals surface area contributed by atoms with Gasteiger partial charge in [-0.3, -0.25) is 9.79 Å². The number of aliphatic imine (C=N–C) groups is 2. The van der Waals surface area contributed by atoms with Gasteiger partial charge < -0.3 is 19.7 Å². The number of aryl methyl sites for hydroxylation is 1. The van der Waals surface area contributed by atoms with Crippen LogP contribution in [0.4, 0.5) is 11.6 Å². The molecule has 0 radical (unpaired) electrons. The number of nitrogens with one attached hydrogen (secondary N) is 1. The number of fused-ring (bicyclic) bond motifs is 3. The summed E-state index contributed by atoms with van der Waals surface area (Å²) < 4.78 is 5.62. The monoisotopic (exact) mass is 310 g/mol. The minimum absolute atomic E-state index is 0.144. The summed E-state index contributed by atoms with van der Waals surface area (Å²) in [4.78, 5) is 23.3. The molecular weight excluding hydrogens is 296 g/mol. The van der Waals surface area contributed by atoms with Crippen molar-refractivity contribution in [3.63, 3.8) is 0 Å². The molecule has 0 spiro atoms. The number of carbonyl (C=O) groups excluding carboxylic acids is 1. The summed E-state index contributed by atoms with van der Waals surface area (Å²) in [5, 5.41) is 12.1. The highest BCUT2D eigenvalue weighted by molar-refractivity contribution is 6.19. The van der Waals surface area contributed by atoms with E-state index in [1.165, 1.54) is 12.1 Å². The minimum atomic E-state index is -0.287. The lowest BCUT2D eigenvalue weighted by Gasteiger charge is -2.18. The summed E-state index contributed by atoms with van der Waals surface area (Å²) in [6.45, 7) is 3.16. The van der Waals surface area contributed by atoms with E-state index in [0.29, 0.717) is 35.0 Å². The first-order chi connectivity index (χ1) is 11.1. The third kappa shape index (κ3) is 2.17. The van der Waals surface area contributed by atoms with Crippen molar-refractivity contribution in [2.45, 2.75) is 6.92 Å². The topological polar surface area (TPSA) is 90.4 Å². The first-order valence-electron chi connectivity index (χ1n) is 7.23. The zero-order valence-corrected chi connectivity index (χ0v) is 12.4. The number of furan rings is 1. The zero-order valence-electron chi connectivity index (χ0n) is 12.4. The second kappa shape index (κ2) is 4.98. The van der Waals surface area contributed by atoms with E-state index >= 15 is 0 Å². The molecule has 23 heavy (non-hydrogen) atoms. The number of hydrogen-bond donors (Lipinski definition) is 2. The zero-order chi connectivity index (χ0) is 16.0. The molecule has 0 aliphatic carbocycles. The lowest BCUT2D eigenvalue weighted by Crippen LogP contribution is -2.30. The molecule has 1 aromatic heterocycles. The molecule has 0 saturated carbocycles. The Morgan fingerprint density at radius 2 is 2.13 bits per heavy atom. The molecule has 2 aliphatic rings. The van der Waals surface area contributed by atoms with E-state index in [-0.39, 0.29) is 11.7 Å². The van der Waals surface area contributed by atoms with Crippen LogP contribution in [0.2, 0.25) is 0 Å². The number of anilines is 1. The van der Waals surface area contributed by atoms with Crippen molar-refractivity contribution in [1.82, 2.24) is 4.90 Å². The highest BCUT2D eigenvalue weighted by Crippen LogP contribution is 2.34. The quantitative estimate of drug-likeness (QED) is 0.833. The Hall–Kier alpha value is -3.09. The van der Waals surface area contributed by atoms with E-state index in [1.807, 2.05) is 4.90 Å². The molecule has 7 nitrogen and oxygen atoms in total. The van der Waals surface area contributed by atoms with Crippen molar-refractivity contribution >= 4 is 29.7 Å². The Balaban J connectivity index is 1.72. The van der Waals surface area contributed by atoms with Gasteiger partial charge in [0.05, 0.1) is 17.7 Å². The standard InChI is InChI=1S/C16H14N4O3/c1-9-12(15(22)19-10-2-4-11(21)5-3-10)13-14-17-6-7-20(14)8-18-16(13)23-9/h2-5,8,21H,6-7H2,1H3,(H,19,22). The number of amidine groups is 1. The van der Waals surface area contributed by atoms with Crippen molar-refractivity contribution in [2.75, 3.05) is 18.4 Å². The average molecular weight is 310 g/mol. The van der Waals surface area contributed by atoms with E-state index in [0.717, 1.165) is 12.4 Å². The molecule has 1 aromatic carbocycles.